The molecule has 3 aromatic carbocycles. The van der Waals surface area contributed by atoms with Crippen molar-refractivity contribution in [2.45, 2.75) is 13.5 Å². The lowest BCUT2D eigenvalue weighted by atomic mass is 10.0. The van der Waals surface area contributed by atoms with Gasteiger partial charge in [-0.1, -0.05) is 82.3 Å². The van der Waals surface area contributed by atoms with Gasteiger partial charge in [-0.3, -0.25) is 0 Å². The maximum absolute atomic E-state index is 9.53. The highest BCUT2D eigenvalue weighted by molar-refractivity contribution is 6.42. The van der Waals surface area contributed by atoms with Crippen molar-refractivity contribution in [3.63, 3.8) is 0 Å². The SMILES string of the molecule is Cc1ccc(/C(C#N)=C\c2cc(Cl)c(OCc3ccc(Cl)c(Cl)c3)c(Cl)c2)cc1. The zero-order valence-corrected chi connectivity index (χ0v) is 18.4. The highest BCUT2D eigenvalue weighted by atomic mass is 35.5. The van der Waals surface area contributed by atoms with Gasteiger partial charge < -0.3 is 4.74 Å². The Bertz CT molecular complexity index is 1090. The Hall–Kier alpha value is -2.15. The number of halogens is 4. The summed E-state index contributed by atoms with van der Waals surface area (Å²) in [5.74, 6) is 0.366. The molecule has 0 aromatic heterocycles. The molecule has 0 fully saturated rings. The highest BCUT2D eigenvalue weighted by Crippen LogP contribution is 2.36. The van der Waals surface area contributed by atoms with Crippen molar-refractivity contribution in [1.29, 1.82) is 5.26 Å². The summed E-state index contributed by atoms with van der Waals surface area (Å²) in [6.45, 7) is 2.23. The zero-order chi connectivity index (χ0) is 21.0. The second kappa shape index (κ2) is 9.57. The summed E-state index contributed by atoms with van der Waals surface area (Å²) >= 11 is 24.7. The van der Waals surface area contributed by atoms with Gasteiger partial charge in [-0.15, -0.1) is 0 Å². The third-order valence-electron chi connectivity index (χ3n) is 4.18. The van der Waals surface area contributed by atoms with E-state index in [4.69, 9.17) is 51.1 Å². The fourth-order valence-corrected chi connectivity index (χ4v) is 3.60. The maximum atomic E-state index is 9.53. The molecule has 2 nitrogen and oxygen atoms in total. The van der Waals surface area contributed by atoms with Crippen LogP contribution in [0.1, 0.15) is 22.3 Å². The Labute approximate surface area is 189 Å². The maximum Gasteiger partial charge on any atom is 0.157 e. The van der Waals surface area contributed by atoms with Crippen LogP contribution in [0, 0.1) is 18.3 Å². The minimum atomic E-state index is 0.234. The van der Waals surface area contributed by atoms with E-state index in [0.717, 1.165) is 16.7 Å². The van der Waals surface area contributed by atoms with Crippen LogP contribution in [0.4, 0.5) is 0 Å². The van der Waals surface area contributed by atoms with Crippen molar-refractivity contribution in [1.82, 2.24) is 0 Å². The summed E-state index contributed by atoms with van der Waals surface area (Å²) in [4.78, 5) is 0. The Balaban J connectivity index is 1.83. The average Bonchev–Trinajstić information content (AvgIpc) is 2.69. The monoisotopic (exact) mass is 461 g/mol. The quantitative estimate of drug-likeness (QED) is 0.282. The van der Waals surface area contributed by atoms with Gasteiger partial charge in [-0.25, -0.2) is 0 Å². The zero-order valence-electron chi connectivity index (χ0n) is 15.3. The van der Waals surface area contributed by atoms with E-state index in [1.807, 2.05) is 37.3 Å². The van der Waals surface area contributed by atoms with Crippen LogP contribution < -0.4 is 4.74 Å². The van der Waals surface area contributed by atoms with Crippen molar-refractivity contribution in [3.05, 3.63) is 96.9 Å². The highest BCUT2D eigenvalue weighted by Gasteiger charge is 2.11. The molecule has 0 spiro atoms. The predicted molar refractivity (Wildman–Crippen MR) is 122 cm³/mol. The van der Waals surface area contributed by atoms with Crippen molar-refractivity contribution in [2.24, 2.45) is 0 Å². The molecular weight excluding hydrogens is 448 g/mol. The van der Waals surface area contributed by atoms with Crippen molar-refractivity contribution in [3.8, 4) is 11.8 Å². The molecule has 0 atom stereocenters. The van der Waals surface area contributed by atoms with Crippen LogP contribution in [0.15, 0.2) is 54.6 Å². The van der Waals surface area contributed by atoms with Gasteiger partial charge in [-0.2, -0.15) is 5.26 Å². The Morgan fingerprint density at radius 3 is 2.14 bits per heavy atom. The smallest absolute Gasteiger partial charge is 0.157 e. The molecule has 29 heavy (non-hydrogen) atoms. The van der Waals surface area contributed by atoms with E-state index < -0.39 is 0 Å². The molecule has 0 amide bonds. The lowest BCUT2D eigenvalue weighted by Crippen LogP contribution is -1.97. The third kappa shape index (κ3) is 5.47. The molecule has 0 aliphatic carbocycles. The van der Waals surface area contributed by atoms with Crippen LogP contribution in [-0.2, 0) is 6.61 Å². The second-order valence-corrected chi connectivity index (χ2v) is 8.02. The van der Waals surface area contributed by atoms with Crippen molar-refractivity contribution >= 4 is 58.1 Å². The van der Waals surface area contributed by atoms with Gasteiger partial charge in [-0.05, 0) is 54.0 Å². The number of aryl methyl sites for hydroxylation is 1. The average molecular weight is 463 g/mol. The fraction of sp³-hybridized carbons (Fsp3) is 0.0870. The molecular formula is C23H15Cl4NO. The summed E-state index contributed by atoms with van der Waals surface area (Å²) in [6.07, 6.45) is 1.74. The van der Waals surface area contributed by atoms with Crippen LogP contribution >= 0.6 is 46.4 Å². The standard InChI is InChI=1S/C23H15Cl4NO/c1-14-2-5-17(6-3-14)18(12-28)8-16-10-21(26)23(22(27)11-16)29-13-15-4-7-19(24)20(25)9-15/h2-11H,13H2,1H3/b18-8-. The molecule has 0 saturated carbocycles. The number of nitrogens with zero attached hydrogens (tertiary/aromatic N) is 1. The van der Waals surface area contributed by atoms with Crippen LogP contribution in [-0.4, -0.2) is 0 Å². The van der Waals surface area contributed by atoms with Crippen LogP contribution in [0.25, 0.3) is 11.6 Å². The third-order valence-corrected chi connectivity index (χ3v) is 5.48. The van der Waals surface area contributed by atoms with Gasteiger partial charge in [0.2, 0.25) is 0 Å². The van der Waals surface area contributed by atoms with Crippen LogP contribution in [0.3, 0.4) is 0 Å². The van der Waals surface area contributed by atoms with E-state index in [0.29, 0.717) is 37.0 Å². The van der Waals surface area contributed by atoms with Crippen LogP contribution in [0.5, 0.6) is 5.75 Å². The molecule has 3 rings (SSSR count). The lowest BCUT2D eigenvalue weighted by Gasteiger charge is -2.12. The Morgan fingerprint density at radius 2 is 1.55 bits per heavy atom. The number of allylic oxidation sites excluding steroid dienone is 1. The van der Waals surface area contributed by atoms with E-state index in [-0.39, 0.29) is 6.61 Å². The first-order chi connectivity index (χ1) is 13.9. The number of nitriles is 1. The first-order valence-electron chi connectivity index (χ1n) is 8.62. The number of rotatable bonds is 5. The normalized spacial score (nSPS) is 11.2. The van der Waals surface area contributed by atoms with Gasteiger partial charge in [0.1, 0.15) is 6.61 Å². The van der Waals surface area contributed by atoms with Gasteiger partial charge >= 0.3 is 0 Å². The van der Waals surface area contributed by atoms with E-state index >= 15 is 0 Å². The molecule has 0 N–H and O–H groups in total. The van der Waals surface area contributed by atoms with Crippen molar-refractivity contribution < 1.29 is 4.74 Å². The Kier molecular flexibility index (Phi) is 7.11. The molecule has 0 saturated heterocycles. The topological polar surface area (TPSA) is 33.0 Å². The van der Waals surface area contributed by atoms with Gasteiger partial charge in [0, 0.05) is 0 Å². The molecule has 146 valence electrons. The number of hydrogen-bond donors (Lipinski definition) is 0. The van der Waals surface area contributed by atoms with Crippen molar-refractivity contribution in [2.75, 3.05) is 0 Å². The van der Waals surface area contributed by atoms with Crippen LogP contribution in [0.2, 0.25) is 20.1 Å². The van der Waals surface area contributed by atoms with E-state index in [2.05, 4.69) is 6.07 Å². The van der Waals surface area contributed by atoms with E-state index in [1.54, 1.807) is 30.3 Å². The molecule has 6 heteroatoms. The first-order valence-corrected chi connectivity index (χ1v) is 10.1. The summed E-state index contributed by atoms with van der Waals surface area (Å²) < 4.78 is 5.78. The number of ether oxygens (including phenoxy) is 1. The predicted octanol–water partition coefficient (Wildman–Crippen LogP) is 8.25. The molecule has 3 aromatic rings. The van der Waals surface area contributed by atoms with E-state index in [9.17, 15) is 5.26 Å². The summed E-state index contributed by atoms with van der Waals surface area (Å²) in [5, 5.41) is 11.2. The number of benzene rings is 3. The largest absolute Gasteiger partial charge is 0.486 e. The Morgan fingerprint density at radius 1 is 0.897 bits per heavy atom. The molecule has 0 aliphatic rings. The van der Waals surface area contributed by atoms with Gasteiger partial charge in [0.15, 0.2) is 5.75 Å². The van der Waals surface area contributed by atoms with E-state index in [1.165, 1.54) is 0 Å². The minimum absolute atomic E-state index is 0.234. The summed E-state index contributed by atoms with van der Waals surface area (Å²) in [6, 6.07) is 18.6. The molecule has 0 bridgehead atoms. The van der Waals surface area contributed by atoms with Gasteiger partial charge in [0.25, 0.3) is 0 Å². The molecule has 0 heterocycles. The summed E-state index contributed by atoms with van der Waals surface area (Å²) in [7, 11) is 0. The number of hydrogen-bond acceptors (Lipinski definition) is 2. The van der Waals surface area contributed by atoms with Gasteiger partial charge in [0.05, 0.1) is 31.7 Å². The molecule has 0 aliphatic heterocycles. The molecule has 0 unspecified atom stereocenters. The fourth-order valence-electron chi connectivity index (χ4n) is 2.67. The summed E-state index contributed by atoms with van der Waals surface area (Å²) in [5.41, 5.74) is 4.01. The lowest BCUT2D eigenvalue weighted by molar-refractivity contribution is 0.306. The first kappa shape index (κ1) is 21.6. The minimum Gasteiger partial charge on any atom is -0.486 e. The second-order valence-electron chi connectivity index (χ2n) is 6.39. The molecule has 0 radical (unpaired) electrons.